The normalized spacial score (nSPS) is 11.8. The molecule has 1 unspecified atom stereocenters. The van der Waals surface area contributed by atoms with Gasteiger partial charge in [0.25, 0.3) is 0 Å². The molecule has 6 heteroatoms. The summed E-state index contributed by atoms with van der Waals surface area (Å²) in [6.45, 7) is 1.35. The lowest BCUT2D eigenvalue weighted by molar-refractivity contribution is -0.137. The van der Waals surface area contributed by atoms with E-state index in [2.05, 4.69) is 39.6 Å². The Morgan fingerprint density at radius 2 is 1.73 bits per heavy atom. The molecule has 3 N–H and O–H groups in total. The molecule has 0 fully saturated rings. The van der Waals surface area contributed by atoms with Crippen molar-refractivity contribution in [3.8, 4) is 16.9 Å². The van der Waals surface area contributed by atoms with Gasteiger partial charge in [0.05, 0.1) is 13.0 Å². The van der Waals surface area contributed by atoms with Crippen molar-refractivity contribution < 1.29 is 14.6 Å². The third kappa shape index (κ3) is 5.98. The van der Waals surface area contributed by atoms with Crippen LogP contribution in [0.4, 0.5) is 5.82 Å². The molecular weight excluding hydrogens is 462 g/mol. The van der Waals surface area contributed by atoms with E-state index < -0.39 is 5.97 Å². The summed E-state index contributed by atoms with van der Waals surface area (Å²) in [6.07, 6.45) is 4.53. The summed E-state index contributed by atoms with van der Waals surface area (Å²) in [5.41, 5.74) is 5.11. The monoisotopic (exact) mass is 491 g/mol. The number of ether oxygens (including phenoxy) is 1. The molecule has 0 saturated carbocycles. The maximum Gasteiger partial charge on any atom is 0.304 e. The first kappa shape index (κ1) is 24.1. The van der Waals surface area contributed by atoms with Crippen LogP contribution in [0, 0.1) is 0 Å². The Morgan fingerprint density at radius 1 is 0.946 bits per heavy atom. The number of carboxylic acids is 1. The molecule has 3 aromatic carbocycles. The number of anilines is 1. The minimum Gasteiger partial charge on any atom is -0.493 e. The smallest absolute Gasteiger partial charge is 0.304 e. The lowest BCUT2D eigenvalue weighted by atomic mass is 9.87. The highest BCUT2D eigenvalue weighted by molar-refractivity contribution is 5.86. The number of nitrogens with one attached hydrogen (secondary N) is 2. The summed E-state index contributed by atoms with van der Waals surface area (Å²) in [5.74, 6) is 0.542. The number of hydrogen-bond donors (Lipinski definition) is 3. The van der Waals surface area contributed by atoms with Gasteiger partial charge in [0.2, 0.25) is 0 Å². The zero-order valence-corrected chi connectivity index (χ0v) is 20.4. The maximum absolute atomic E-state index is 11.8. The number of nitrogens with zero attached hydrogens (tertiary/aromatic N) is 1. The zero-order chi connectivity index (χ0) is 25.5. The molecule has 0 saturated heterocycles. The molecule has 0 radical (unpaired) electrons. The molecule has 2 heterocycles. The fourth-order valence-corrected chi connectivity index (χ4v) is 4.57. The Labute approximate surface area is 216 Å². The Bertz CT molecular complexity index is 1450. The van der Waals surface area contributed by atoms with Crippen molar-refractivity contribution in [1.29, 1.82) is 0 Å². The summed E-state index contributed by atoms with van der Waals surface area (Å²) in [5, 5.41) is 13.9. The second kappa shape index (κ2) is 11.4. The molecule has 0 aliphatic carbocycles. The highest BCUT2D eigenvalue weighted by Crippen LogP contribution is 2.35. The van der Waals surface area contributed by atoms with E-state index in [9.17, 15) is 9.90 Å². The minimum absolute atomic E-state index is 0.0131. The number of H-pyrrole nitrogens is 1. The number of benzene rings is 3. The van der Waals surface area contributed by atoms with E-state index in [4.69, 9.17) is 4.74 Å². The number of aromatic nitrogens is 2. The highest BCUT2D eigenvalue weighted by atomic mass is 16.5. The minimum atomic E-state index is -0.828. The maximum atomic E-state index is 11.8. The van der Waals surface area contributed by atoms with Gasteiger partial charge in [-0.15, -0.1) is 0 Å². The van der Waals surface area contributed by atoms with Gasteiger partial charge in [-0.1, -0.05) is 60.7 Å². The molecule has 5 rings (SSSR count). The SMILES string of the molecule is O=C(O)CC(c1ccc(-c2ccccc2)cc1)c1c[nH]c2cc(OCCCNc3ccccn3)ccc12. The summed E-state index contributed by atoms with van der Waals surface area (Å²) in [7, 11) is 0. The Hall–Kier alpha value is -4.58. The van der Waals surface area contributed by atoms with Crippen LogP contribution >= 0.6 is 0 Å². The number of fused-ring (bicyclic) bond motifs is 1. The van der Waals surface area contributed by atoms with Crippen LogP contribution in [0.15, 0.2) is 103 Å². The van der Waals surface area contributed by atoms with Crippen molar-refractivity contribution in [2.24, 2.45) is 0 Å². The van der Waals surface area contributed by atoms with Crippen LogP contribution in [0.5, 0.6) is 5.75 Å². The summed E-state index contributed by atoms with van der Waals surface area (Å²) >= 11 is 0. The van der Waals surface area contributed by atoms with Crippen molar-refractivity contribution in [2.75, 3.05) is 18.5 Å². The molecule has 0 aliphatic rings. The van der Waals surface area contributed by atoms with Gasteiger partial charge in [-0.05, 0) is 52.9 Å². The average Bonchev–Trinajstić information content (AvgIpc) is 3.36. The molecule has 5 aromatic rings. The lowest BCUT2D eigenvalue weighted by Crippen LogP contribution is -2.08. The molecule has 0 bridgehead atoms. The van der Waals surface area contributed by atoms with Crippen LogP contribution in [0.1, 0.15) is 29.9 Å². The van der Waals surface area contributed by atoms with Crippen molar-refractivity contribution in [3.63, 3.8) is 0 Å². The van der Waals surface area contributed by atoms with Crippen molar-refractivity contribution in [2.45, 2.75) is 18.8 Å². The van der Waals surface area contributed by atoms with Crippen LogP contribution in [-0.2, 0) is 4.79 Å². The summed E-state index contributed by atoms with van der Waals surface area (Å²) in [6, 6.07) is 30.1. The van der Waals surface area contributed by atoms with Gasteiger partial charge in [-0.3, -0.25) is 4.79 Å². The predicted molar refractivity (Wildman–Crippen MR) is 147 cm³/mol. The first-order chi connectivity index (χ1) is 18.2. The van der Waals surface area contributed by atoms with Gasteiger partial charge in [-0.2, -0.15) is 0 Å². The van der Waals surface area contributed by atoms with Crippen LogP contribution in [0.2, 0.25) is 0 Å². The number of carbonyl (C=O) groups is 1. The Balaban J connectivity index is 1.28. The van der Waals surface area contributed by atoms with Crippen LogP contribution in [0.25, 0.3) is 22.0 Å². The topological polar surface area (TPSA) is 87.2 Å². The molecule has 0 spiro atoms. The average molecular weight is 492 g/mol. The number of pyridine rings is 1. The van der Waals surface area contributed by atoms with Gasteiger partial charge in [0, 0.05) is 41.8 Å². The number of rotatable bonds is 11. The van der Waals surface area contributed by atoms with Crippen LogP contribution in [-0.4, -0.2) is 34.2 Å². The third-order valence-corrected chi connectivity index (χ3v) is 6.42. The van der Waals surface area contributed by atoms with Gasteiger partial charge in [-0.25, -0.2) is 4.98 Å². The molecule has 186 valence electrons. The number of aliphatic carboxylic acids is 1. The second-order valence-electron chi connectivity index (χ2n) is 8.93. The van der Waals surface area contributed by atoms with E-state index >= 15 is 0 Å². The number of hydrogen-bond acceptors (Lipinski definition) is 4. The van der Waals surface area contributed by atoms with Crippen molar-refractivity contribution >= 4 is 22.7 Å². The fourth-order valence-electron chi connectivity index (χ4n) is 4.57. The summed E-state index contributed by atoms with van der Waals surface area (Å²) in [4.78, 5) is 19.3. The van der Waals surface area contributed by atoms with E-state index in [1.807, 2.05) is 72.9 Å². The van der Waals surface area contributed by atoms with E-state index in [-0.39, 0.29) is 12.3 Å². The van der Waals surface area contributed by atoms with Crippen molar-refractivity contribution in [1.82, 2.24) is 9.97 Å². The molecule has 0 aliphatic heterocycles. The number of aromatic amines is 1. The van der Waals surface area contributed by atoms with E-state index in [1.54, 1.807) is 6.20 Å². The first-order valence-electron chi connectivity index (χ1n) is 12.4. The fraction of sp³-hybridized carbons (Fsp3) is 0.161. The molecule has 2 aromatic heterocycles. The van der Waals surface area contributed by atoms with Crippen LogP contribution < -0.4 is 10.1 Å². The largest absolute Gasteiger partial charge is 0.493 e. The van der Waals surface area contributed by atoms with Gasteiger partial charge < -0.3 is 20.1 Å². The zero-order valence-electron chi connectivity index (χ0n) is 20.4. The standard InChI is InChI=1S/C31H29N3O3/c35-31(36)20-27(24-12-10-23(11-13-24)22-7-2-1-3-8-22)28-21-34-29-19-25(14-15-26(28)29)37-18-6-17-33-30-9-4-5-16-32-30/h1-5,7-16,19,21,27,34H,6,17-18,20H2,(H,32,33)(H,35,36). The van der Waals surface area contributed by atoms with Gasteiger partial charge in [0.15, 0.2) is 0 Å². The van der Waals surface area contributed by atoms with E-state index in [0.29, 0.717) is 6.61 Å². The third-order valence-electron chi connectivity index (χ3n) is 6.42. The molecule has 0 amide bonds. The summed E-state index contributed by atoms with van der Waals surface area (Å²) < 4.78 is 5.95. The van der Waals surface area contributed by atoms with E-state index in [0.717, 1.165) is 57.7 Å². The number of carboxylic acid groups (broad SMARTS) is 1. The quantitative estimate of drug-likeness (QED) is 0.179. The first-order valence-corrected chi connectivity index (χ1v) is 12.4. The highest BCUT2D eigenvalue weighted by Gasteiger charge is 2.21. The van der Waals surface area contributed by atoms with Gasteiger partial charge >= 0.3 is 5.97 Å². The molecule has 37 heavy (non-hydrogen) atoms. The predicted octanol–water partition coefficient (Wildman–Crippen LogP) is 6.72. The van der Waals surface area contributed by atoms with Crippen LogP contribution in [0.3, 0.4) is 0 Å². The molecule has 6 nitrogen and oxygen atoms in total. The van der Waals surface area contributed by atoms with Gasteiger partial charge in [0.1, 0.15) is 11.6 Å². The van der Waals surface area contributed by atoms with Crippen molar-refractivity contribution in [3.05, 3.63) is 115 Å². The Morgan fingerprint density at radius 3 is 2.49 bits per heavy atom. The molecule has 1 atom stereocenters. The Kier molecular flexibility index (Phi) is 7.46. The van der Waals surface area contributed by atoms with E-state index in [1.165, 1.54) is 0 Å². The lowest BCUT2D eigenvalue weighted by Gasteiger charge is -2.16. The molecular formula is C31H29N3O3. The second-order valence-corrected chi connectivity index (χ2v) is 8.93.